The Labute approximate surface area is 118 Å². The van der Waals surface area contributed by atoms with Crippen LogP contribution in [-0.4, -0.2) is 6.04 Å². The minimum absolute atomic E-state index is 0.180. The first-order chi connectivity index (χ1) is 9.72. The molecule has 0 amide bonds. The Balaban J connectivity index is 1.99. The van der Waals surface area contributed by atoms with Gasteiger partial charge in [-0.15, -0.1) is 0 Å². The Kier molecular flexibility index (Phi) is 4.91. The van der Waals surface area contributed by atoms with Crippen LogP contribution in [0.5, 0.6) is 0 Å². The fourth-order valence-electron chi connectivity index (χ4n) is 1.96. The van der Waals surface area contributed by atoms with Gasteiger partial charge in [-0.2, -0.15) is 5.26 Å². The molecule has 0 fully saturated rings. The lowest BCUT2D eigenvalue weighted by Gasteiger charge is -2.11. The lowest BCUT2D eigenvalue weighted by atomic mass is 10.1. The molecule has 1 unspecified atom stereocenters. The summed E-state index contributed by atoms with van der Waals surface area (Å²) in [4.78, 5) is 0. The van der Waals surface area contributed by atoms with Crippen LogP contribution in [0.15, 0.2) is 40.8 Å². The standard InChI is InChI=1S/C16H17FN2O/c1-2-14(9-10-18)19-11-15-7-8-16(20-15)12-3-5-13(17)6-4-12/h3-8,14,19H,2,9,11H2,1H3. The molecule has 1 atom stereocenters. The number of rotatable bonds is 6. The number of benzene rings is 1. The Bertz CT molecular complexity index is 583. The molecule has 1 aromatic heterocycles. The van der Waals surface area contributed by atoms with E-state index in [1.165, 1.54) is 12.1 Å². The Hall–Kier alpha value is -2.12. The van der Waals surface area contributed by atoms with E-state index in [0.717, 1.165) is 23.5 Å². The van der Waals surface area contributed by atoms with E-state index in [9.17, 15) is 4.39 Å². The quantitative estimate of drug-likeness (QED) is 0.868. The van der Waals surface area contributed by atoms with Gasteiger partial charge in [0.2, 0.25) is 0 Å². The first kappa shape index (κ1) is 14.3. The molecule has 2 rings (SSSR count). The van der Waals surface area contributed by atoms with Gasteiger partial charge in [0.15, 0.2) is 0 Å². The third-order valence-electron chi connectivity index (χ3n) is 3.19. The molecule has 0 radical (unpaired) electrons. The molecular formula is C16H17FN2O. The minimum Gasteiger partial charge on any atom is -0.460 e. The van der Waals surface area contributed by atoms with E-state index < -0.39 is 0 Å². The molecular weight excluding hydrogens is 255 g/mol. The summed E-state index contributed by atoms with van der Waals surface area (Å²) in [6, 6.07) is 12.3. The lowest BCUT2D eigenvalue weighted by molar-refractivity contribution is 0.444. The highest BCUT2D eigenvalue weighted by molar-refractivity contribution is 5.57. The number of furan rings is 1. The molecule has 3 nitrogen and oxygen atoms in total. The Morgan fingerprint density at radius 3 is 2.65 bits per heavy atom. The van der Waals surface area contributed by atoms with E-state index >= 15 is 0 Å². The van der Waals surface area contributed by atoms with Crippen LogP contribution in [0.1, 0.15) is 25.5 Å². The molecule has 0 bridgehead atoms. The number of hydrogen-bond acceptors (Lipinski definition) is 3. The third kappa shape index (κ3) is 3.69. The molecule has 0 saturated heterocycles. The van der Waals surface area contributed by atoms with Crippen molar-refractivity contribution in [3.63, 3.8) is 0 Å². The molecule has 104 valence electrons. The highest BCUT2D eigenvalue weighted by atomic mass is 19.1. The number of nitrogens with one attached hydrogen (secondary N) is 1. The van der Waals surface area contributed by atoms with Crippen molar-refractivity contribution in [2.45, 2.75) is 32.4 Å². The van der Waals surface area contributed by atoms with Gasteiger partial charge in [0.05, 0.1) is 19.0 Å². The zero-order chi connectivity index (χ0) is 14.4. The van der Waals surface area contributed by atoms with E-state index in [-0.39, 0.29) is 11.9 Å². The summed E-state index contributed by atoms with van der Waals surface area (Å²) in [5.74, 6) is 1.26. The van der Waals surface area contributed by atoms with E-state index in [0.29, 0.717) is 13.0 Å². The Morgan fingerprint density at radius 2 is 2.00 bits per heavy atom. The maximum Gasteiger partial charge on any atom is 0.134 e. The zero-order valence-electron chi connectivity index (χ0n) is 11.4. The highest BCUT2D eigenvalue weighted by Crippen LogP contribution is 2.22. The van der Waals surface area contributed by atoms with Gasteiger partial charge in [0.1, 0.15) is 17.3 Å². The zero-order valence-corrected chi connectivity index (χ0v) is 11.4. The van der Waals surface area contributed by atoms with Crippen molar-refractivity contribution in [2.24, 2.45) is 0 Å². The summed E-state index contributed by atoms with van der Waals surface area (Å²) in [6.45, 7) is 2.63. The molecule has 0 spiro atoms. The second-order valence-corrected chi connectivity index (χ2v) is 4.62. The highest BCUT2D eigenvalue weighted by Gasteiger charge is 2.08. The molecule has 0 saturated carbocycles. The van der Waals surface area contributed by atoms with Crippen LogP contribution in [0, 0.1) is 17.1 Å². The fraction of sp³-hybridized carbons (Fsp3) is 0.312. The molecule has 0 aliphatic rings. The van der Waals surface area contributed by atoms with Gasteiger partial charge < -0.3 is 9.73 Å². The fourth-order valence-corrected chi connectivity index (χ4v) is 1.96. The molecule has 1 N–H and O–H groups in total. The largest absolute Gasteiger partial charge is 0.460 e. The van der Waals surface area contributed by atoms with E-state index in [4.69, 9.17) is 9.68 Å². The summed E-state index contributed by atoms with van der Waals surface area (Å²) < 4.78 is 18.6. The smallest absolute Gasteiger partial charge is 0.134 e. The summed E-state index contributed by atoms with van der Waals surface area (Å²) >= 11 is 0. The number of nitrogens with zero attached hydrogens (tertiary/aromatic N) is 1. The first-order valence-corrected chi connectivity index (χ1v) is 6.68. The predicted molar refractivity (Wildman–Crippen MR) is 75.3 cm³/mol. The van der Waals surface area contributed by atoms with E-state index in [2.05, 4.69) is 11.4 Å². The first-order valence-electron chi connectivity index (χ1n) is 6.68. The summed E-state index contributed by atoms with van der Waals surface area (Å²) in [5.41, 5.74) is 0.849. The lowest BCUT2D eigenvalue weighted by Crippen LogP contribution is -2.27. The van der Waals surface area contributed by atoms with Gasteiger partial charge in [0, 0.05) is 11.6 Å². The van der Waals surface area contributed by atoms with Crippen molar-refractivity contribution in [1.29, 1.82) is 5.26 Å². The number of nitriles is 1. The van der Waals surface area contributed by atoms with Crippen molar-refractivity contribution < 1.29 is 8.81 Å². The molecule has 1 aromatic carbocycles. The van der Waals surface area contributed by atoms with Gasteiger partial charge in [-0.3, -0.25) is 0 Å². The van der Waals surface area contributed by atoms with Gasteiger partial charge in [-0.1, -0.05) is 6.92 Å². The SMILES string of the molecule is CCC(CC#N)NCc1ccc(-c2ccc(F)cc2)o1. The Morgan fingerprint density at radius 1 is 1.25 bits per heavy atom. The summed E-state index contributed by atoms with van der Waals surface area (Å²) in [6.07, 6.45) is 1.39. The number of halogens is 1. The minimum atomic E-state index is -0.260. The topological polar surface area (TPSA) is 49.0 Å². The van der Waals surface area contributed by atoms with E-state index in [1.807, 2.05) is 19.1 Å². The predicted octanol–water partition coefficient (Wildman–Crippen LogP) is 3.87. The average molecular weight is 272 g/mol. The molecule has 2 aromatic rings. The monoisotopic (exact) mass is 272 g/mol. The maximum atomic E-state index is 12.9. The van der Waals surface area contributed by atoms with Crippen LogP contribution in [0.25, 0.3) is 11.3 Å². The van der Waals surface area contributed by atoms with Gasteiger partial charge in [0.25, 0.3) is 0 Å². The van der Waals surface area contributed by atoms with Crippen molar-refractivity contribution in [2.75, 3.05) is 0 Å². The van der Waals surface area contributed by atoms with Crippen molar-refractivity contribution in [3.8, 4) is 17.4 Å². The van der Waals surface area contributed by atoms with Crippen molar-refractivity contribution in [3.05, 3.63) is 48.0 Å². The molecule has 20 heavy (non-hydrogen) atoms. The van der Waals surface area contributed by atoms with Crippen LogP contribution in [0.3, 0.4) is 0 Å². The van der Waals surface area contributed by atoms with Crippen LogP contribution in [-0.2, 0) is 6.54 Å². The van der Waals surface area contributed by atoms with Gasteiger partial charge in [-0.25, -0.2) is 4.39 Å². The molecule has 4 heteroatoms. The van der Waals surface area contributed by atoms with Crippen LogP contribution < -0.4 is 5.32 Å². The number of hydrogen-bond donors (Lipinski definition) is 1. The normalized spacial score (nSPS) is 12.1. The second-order valence-electron chi connectivity index (χ2n) is 4.62. The maximum absolute atomic E-state index is 12.9. The third-order valence-corrected chi connectivity index (χ3v) is 3.19. The second kappa shape index (κ2) is 6.88. The van der Waals surface area contributed by atoms with Crippen LogP contribution in [0.2, 0.25) is 0 Å². The van der Waals surface area contributed by atoms with Crippen molar-refractivity contribution >= 4 is 0 Å². The van der Waals surface area contributed by atoms with Gasteiger partial charge in [-0.05, 0) is 42.8 Å². The van der Waals surface area contributed by atoms with E-state index in [1.54, 1.807) is 12.1 Å². The summed E-state index contributed by atoms with van der Waals surface area (Å²) in [7, 11) is 0. The molecule has 0 aliphatic heterocycles. The molecule has 0 aliphatic carbocycles. The average Bonchev–Trinajstić information content (AvgIpc) is 2.93. The van der Waals surface area contributed by atoms with Crippen LogP contribution in [0.4, 0.5) is 4.39 Å². The van der Waals surface area contributed by atoms with Crippen molar-refractivity contribution in [1.82, 2.24) is 5.32 Å². The molecule has 1 heterocycles. The van der Waals surface area contributed by atoms with Gasteiger partial charge >= 0.3 is 0 Å². The van der Waals surface area contributed by atoms with Crippen LogP contribution >= 0.6 is 0 Å². The summed E-state index contributed by atoms with van der Waals surface area (Å²) in [5, 5.41) is 12.0.